The van der Waals surface area contributed by atoms with E-state index in [1.807, 2.05) is 67.5 Å². The predicted molar refractivity (Wildman–Crippen MR) is 108 cm³/mol. The lowest BCUT2D eigenvalue weighted by molar-refractivity contribution is -0.120. The Hall–Kier alpha value is -2.82. The molecule has 0 aliphatic rings. The largest absolute Gasteiger partial charge is 0.378 e. The average molecular weight is 353 g/mol. The van der Waals surface area contributed by atoms with Gasteiger partial charge in [0.15, 0.2) is 0 Å². The van der Waals surface area contributed by atoms with Crippen LogP contribution in [0.1, 0.15) is 32.3 Å². The van der Waals surface area contributed by atoms with Crippen LogP contribution in [0.4, 0.5) is 17.1 Å². The van der Waals surface area contributed by atoms with Gasteiger partial charge in [0.1, 0.15) is 6.54 Å². The third-order valence-electron chi connectivity index (χ3n) is 4.22. The highest BCUT2D eigenvalue weighted by Gasteiger charge is 2.16. The van der Waals surface area contributed by atoms with E-state index in [0.717, 1.165) is 11.4 Å². The van der Waals surface area contributed by atoms with Gasteiger partial charge in [-0.3, -0.25) is 9.59 Å². The number of rotatable bonds is 6. The molecule has 0 atom stereocenters. The van der Waals surface area contributed by atoms with Crippen molar-refractivity contribution >= 4 is 28.9 Å². The van der Waals surface area contributed by atoms with E-state index >= 15 is 0 Å². The average Bonchev–Trinajstić information content (AvgIpc) is 2.60. The Balaban J connectivity index is 2.06. The molecular weight excluding hydrogens is 326 g/mol. The third-order valence-corrected chi connectivity index (χ3v) is 4.22. The van der Waals surface area contributed by atoms with Crippen molar-refractivity contribution in [1.82, 2.24) is 0 Å². The maximum absolute atomic E-state index is 12.4. The predicted octanol–water partition coefficient (Wildman–Crippen LogP) is 3.87. The van der Waals surface area contributed by atoms with Gasteiger partial charge in [-0.1, -0.05) is 26.0 Å². The van der Waals surface area contributed by atoms with Gasteiger partial charge in [0.2, 0.25) is 11.8 Å². The van der Waals surface area contributed by atoms with Crippen LogP contribution in [0.3, 0.4) is 0 Å². The number of carbonyl (C=O) groups excluding carboxylic acids is 2. The fourth-order valence-corrected chi connectivity index (χ4v) is 2.61. The summed E-state index contributed by atoms with van der Waals surface area (Å²) in [5.74, 6) is 0.0418. The van der Waals surface area contributed by atoms with Crippen LogP contribution in [0.5, 0.6) is 0 Å². The molecule has 0 radical (unpaired) electrons. The van der Waals surface area contributed by atoms with Gasteiger partial charge in [0.25, 0.3) is 0 Å². The van der Waals surface area contributed by atoms with Crippen molar-refractivity contribution < 1.29 is 9.59 Å². The van der Waals surface area contributed by atoms with Crippen LogP contribution in [-0.4, -0.2) is 32.5 Å². The van der Waals surface area contributed by atoms with Gasteiger partial charge < -0.3 is 15.1 Å². The molecule has 0 fully saturated rings. The Morgan fingerprint density at radius 1 is 0.923 bits per heavy atom. The van der Waals surface area contributed by atoms with Crippen molar-refractivity contribution in [2.75, 3.05) is 35.8 Å². The van der Waals surface area contributed by atoms with E-state index in [9.17, 15) is 9.59 Å². The van der Waals surface area contributed by atoms with E-state index in [1.54, 1.807) is 0 Å². The Morgan fingerprint density at radius 3 is 1.92 bits per heavy atom. The number of benzene rings is 2. The van der Waals surface area contributed by atoms with E-state index in [4.69, 9.17) is 0 Å². The standard InChI is InChI=1S/C21H27N3O2/c1-15(2)17-6-8-18(9-7-17)22-21(26)14-24(16(3)25)20-12-10-19(11-13-20)23(4)5/h6-13,15H,14H2,1-5H3,(H,22,26). The van der Waals surface area contributed by atoms with Crippen LogP contribution in [0.15, 0.2) is 48.5 Å². The van der Waals surface area contributed by atoms with Crippen LogP contribution in [0.2, 0.25) is 0 Å². The summed E-state index contributed by atoms with van der Waals surface area (Å²) < 4.78 is 0. The summed E-state index contributed by atoms with van der Waals surface area (Å²) >= 11 is 0. The zero-order chi connectivity index (χ0) is 19.3. The number of amides is 2. The zero-order valence-corrected chi connectivity index (χ0v) is 16.1. The first kappa shape index (κ1) is 19.5. The normalized spacial score (nSPS) is 10.5. The Labute approximate surface area is 155 Å². The van der Waals surface area contributed by atoms with E-state index in [-0.39, 0.29) is 18.4 Å². The molecule has 2 aromatic carbocycles. The molecular formula is C21H27N3O2. The molecule has 0 aromatic heterocycles. The Morgan fingerprint density at radius 2 is 1.46 bits per heavy atom. The highest BCUT2D eigenvalue weighted by molar-refractivity contribution is 6.01. The van der Waals surface area contributed by atoms with E-state index in [1.165, 1.54) is 17.4 Å². The number of nitrogens with zero attached hydrogens (tertiary/aromatic N) is 2. The lowest BCUT2D eigenvalue weighted by atomic mass is 10.0. The summed E-state index contributed by atoms with van der Waals surface area (Å²) in [6.07, 6.45) is 0. The maximum Gasteiger partial charge on any atom is 0.244 e. The topological polar surface area (TPSA) is 52.7 Å². The van der Waals surface area contributed by atoms with Crippen molar-refractivity contribution in [2.45, 2.75) is 26.7 Å². The number of hydrogen-bond donors (Lipinski definition) is 1. The molecule has 26 heavy (non-hydrogen) atoms. The molecule has 0 saturated heterocycles. The molecule has 0 aliphatic heterocycles. The molecule has 2 aromatic rings. The third kappa shape index (κ3) is 5.09. The van der Waals surface area contributed by atoms with E-state index in [0.29, 0.717) is 11.6 Å². The van der Waals surface area contributed by atoms with Crippen molar-refractivity contribution in [2.24, 2.45) is 0 Å². The fraction of sp³-hybridized carbons (Fsp3) is 0.333. The highest BCUT2D eigenvalue weighted by Crippen LogP contribution is 2.20. The van der Waals surface area contributed by atoms with E-state index < -0.39 is 0 Å². The molecule has 0 heterocycles. The molecule has 0 unspecified atom stereocenters. The minimum atomic E-state index is -0.228. The number of nitrogens with one attached hydrogen (secondary N) is 1. The molecule has 2 rings (SSSR count). The summed E-state index contributed by atoms with van der Waals surface area (Å²) in [4.78, 5) is 27.8. The van der Waals surface area contributed by atoms with Gasteiger partial charge in [-0.15, -0.1) is 0 Å². The fourth-order valence-electron chi connectivity index (χ4n) is 2.61. The summed E-state index contributed by atoms with van der Waals surface area (Å²) in [5.41, 5.74) is 3.68. The van der Waals surface area contributed by atoms with Crippen LogP contribution in [0.25, 0.3) is 0 Å². The van der Waals surface area contributed by atoms with Gasteiger partial charge in [-0.05, 0) is 47.9 Å². The molecule has 0 bridgehead atoms. The second kappa shape index (κ2) is 8.52. The number of hydrogen-bond acceptors (Lipinski definition) is 3. The second-order valence-electron chi connectivity index (χ2n) is 6.84. The van der Waals surface area contributed by atoms with Crippen LogP contribution in [-0.2, 0) is 9.59 Å². The van der Waals surface area contributed by atoms with Crippen molar-refractivity contribution in [3.05, 3.63) is 54.1 Å². The smallest absolute Gasteiger partial charge is 0.244 e. The quantitative estimate of drug-likeness (QED) is 0.858. The van der Waals surface area contributed by atoms with Crippen LogP contribution >= 0.6 is 0 Å². The maximum atomic E-state index is 12.4. The van der Waals surface area contributed by atoms with Gasteiger partial charge in [-0.2, -0.15) is 0 Å². The number of carbonyl (C=O) groups is 2. The highest BCUT2D eigenvalue weighted by atomic mass is 16.2. The summed E-state index contributed by atoms with van der Waals surface area (Å²) in [5, 5.41) is 2.85. The molecule has 5 nitrogen and oxygen atoms in total. The lowest BCUT2D eigenvalue weighted by Gasteiger charge is -2.22. The summed E-state index contributed by atoms with van der Waals surface area (Å²) in [7, 11) is 3.91. The molecule has 0 saturated carbocycles. The Kier molecular flexibility index (Phi) is 6.39. The van der Waals surface area contributed by atoms with Crippen LogP contribution in [0, 0.1) is 0 Å². The first-order chi connectivity index (χ1) is 12.3. The minimum Gasteiger partial charge on any atom is -0.378 e. The second-order valence-corrected chi connectivity index (χ2v) is 6.84. The molecule has 5 heteroatoms. The van der Waals surface area contributed by atoms with Crippen molar-refractivity contribution in [3.63, 3.8) is 0 Å². The lowest BCUT2D eigenvalue weighted by Crippen LogP contribution is -2.36. The minimum absolute atomic E-state index is 0.0252. The SMILES string of the molecule is CC(=O)N(CC(=O)Nc1ccc(C(C)C)cc1)c1ccc(N(C)C)cc1. The molecule has 1 N–H and O–H groups in total. The van der Waals surface area contributed by atoms with E-state index in [2.05, 4.69) is 19.2 Å². The van der Waals surface area contributed by atoms with Gasteiger partial charge in [0, 0.05) is 38.1 Å². The molecule has 0 spiro atoms. The molecule has 2 amide bonds. The van der Waals surface area contributed by atoms with Crippen molar-refractivity contribution in [1.29, 1.82) is 0 Å². The van der Waals surface area contributed by atoms with Gasteiger partial charge in [0.05, 0.1) is 0 Å². The molecule has 138 valence electrons. The monoisotopic (exact) mass is 353 g/mol. The summed E-state index contributed by atoms with van der Waals surface area (Å²) in [6.45, 7) is 5.69. The van der Waals surface area contributed by atoms with Crippen molar-refractivity contribution in [3.8, 4) is 0 Å². The van der Waals surface area contributed by atoms with Crippen LogP contribution < -0.4 is 15.1 Å². The van der Waals surface area contributed by atoms with Gasteiger partial charge in [-0.25, -0.2) is 0 Å². The molecule has 0 aliphatic carbocycles. The Bertz CT molecular complexity index is 750. The first-order valence-corrected chi connectivity index (χ1v) is 8.73. The van der Waals surface area contributed by atoms with Gasteiger partial charge >= 0.3 is 0 Å². The first-order valence-electron chi connectivity index (χ1n) is 8.73. The summed E-state index contributed by atoms with van der Waals surface area (Å²) in [6, 6.07) is 15.3. The zero-order valence-electron chi connectivity index (χ0n) is 16.1. The number of anilines is 3.